The van der Waals surface area contributed by atoms with E-state index < -0.39 is 5.91 Å². The SMILES string of the molecule is CCOCCn1c(=NC(=O)c2ccccc2Oc2ccccc2)sc2cccc(F)c21. The number of aromatic nitrogens is 1. The molecule has 158 valence electrons. The summed E-state index contributed by atoms with van der Waals surface area (Å²) in [5.41, 5.74) is 0.758. The highest BCUT2D eigenvalue weighted by Crippen LogP contribution is 2.26. The number of carbonyl (C=O) groups excluding carboxylic acids is 1. The second-order valence-corrected chi connectivity index (χ2v) is 7.66. The fourth-order valence-corrected chi connectivity index (χ4v) is 4.24. The van der Waals surface area contributed by atoms with Crippen molar-refractivity contribution in [3.63, 3.8) is 0 Å². The van der Waals surface area contributed by atoms with Gasteiger partial charge in [0.25, 0.3) is 5.91 Å². The average molecular weight is 437 g/mol. The summed E-state index contributed by atoms with van der Waals surface area (Å²) < 4.78 is 28.3. The summed E-state index contributed by atoms with van der Waals surface area (Å²) in [5, 5.41) is 0. The molecule has 0 saturated carbocycles. The predicted octanol–water partition coefficient (Wildman–Crippen LogP) is 5.41. The first-order valence-electron chi connectivity index (χ1n) is 9.94. The van der Waals surface area contributed by atoms with Crippen LogP contribution >= 0.6 is 11.3 Å². The Balaban J connectivity index is 1.75. The van der Waals surface area contributed by atoms with Gasteiger partial charge in [0.1, 0.15) is 17.3 Å². The molecule has 0 fully saturated rings. The third-order valence-electron chi connectivity index (χ3n) is 4.60. The Kier molecular flexibility index (Phi) is 6.54. The second-order valence-electron chi connectivity index (χ2n) is 6.65. The van der Waals surface area contributed by atoms with Crippen LogP contribution in [0.25, 0.3) is 10.2 Å². The van der Waals surface area contributed by atoms with Crippen LogP contribution in [0, 0.1) is 5.82 Å². The van der Waals surface area contributed by atoms with Crippen LogP contribution < -0.4 is 9.54 Å². The number of hydrogen-bond acceptors (Lipinski definition) is 4. The van der Waals surface area contributed by atoms with Gasteiger partial charge in [-0.05, 0) is 43.3 Å². The van der Waals surface area contributed by atoms with Crippen molar-refractivity contribution in [2.24, 2.45) is 4.99 Å². The quantitative estimate of drug-likeness (QED) is 0.364. The smallest absolute Gasteiger partial charge is 0.283 e. The lowest BCUT2D eigenvalue weighted by molar-refractivity contribution is 0.0994. The largest absolute Gasteiger partial charge is 0.457 e. The molecule has 0 radical (unpaired) electrons. The van der Waals surface area contributed by atoms with Crippen molar-refractivity contribution < 1.29 is 18.7 Å². The molecule has 0 atom stereocenters. The van der Waals surface area contributed by atoms with E-state index in [0.29, 0.717) is 47.1 Å². The van der Waals surface area contributed by atoms with Crippen molar-refractivity contribution >= 4 is 27.5 Å². The van der Waals surface area contributed by atoms with Crippen molar-refractivity contribution in [2.45, 2.75) is 13.5 Å². The number of thiazole rings is 1. The van der Waals surface area contributed by atoms with Gasteiger partial charge in [0.15, 0.2) is 4.80 Å². The molecule has 3 aromatic carbocycles. The third kappa shape index (κ3) is 4.73. The maximum Gasteiger partial charge on any atom is 0.283 e. The maximum absolute atomic E-state index is 14.5. The third-order valence-corrected chi connectivity index (χ3v) is 5.64. The first kappa shape index (κ1) is 21.0. The highest BCUT2D eigenvalue weighted by Gasteiger charge is 2.15. The number of amides is 1. The molecule has 1 aromatic heterocycles. The van der Waals surface area contributed by atoms with Crippen molar-refractivity contribution in [1.29, 1.82) is 0 Å². The number of nitrogens with zero attached hydrogens (tertiary/aromatic N) is 2. The highest BCUT2D eigenvalue weighted by molar-refractivity contribution is 7.16. The van der Waals surface area contributed by atoms with Gasteiger partial charge in [-0.25, -0.2) is 4.39 Å². The Hall–Kier alpha value is -3.29. The first-order chi connectivity index (χ1) is 15.2. The summed E-state index contributed by atoms with van der Waals surface area (Å²) in [7, 11) is 0. The minimum absolute atomic E-state index is 0.334. The predicted molar refractivity (Wildman–Crippen MR) is 119 cm³/mol. The zero-order chi connectivity index (χ0) is 21.6. The summed E-state index contributed by atoms with van der Waals surface area (Å²) in [6, 6.07) is 21.1. The number of rotatable bonds is 7. The van der Waals surface area contributed by atoms with E-state index in [1.165, 1.54) is 17.4 Å². The van der Waals surface area contributed by atoms with E-state index >= 15 is 0 Å². The van der Waals surface area contributed by atoms with Crippen molar-refractivity contribution in [2.75, 3.05) is 13.2 Å². The molecule has 7 heteroatoms. The number of fused-ring (bicyclic) bond motifs is 1. The Labute approximate surface area is 183 Å². The summed E-state index contributed by atoms with van der Waals surface area (Å²) in [6.07, 6.45) is 0. The van der Waals surface area contributed by atoms with Gasteiger partial charge >= 0.3 is 0 Å². The lowest BCUT2D eigenvalue weighted by Crippen LogP contribution is -2.20. The topological polar surface area (TPSA) is 52.8 Å². The second kappa shape index (κ2) is 9.68. The van der Waals surface area contributed by atoms with Gasteiger partial charge in [0.05, 0.1) is 22.4 Å². The van der Waals surface area contributed by atoms with Gasteiger partial charge in [-0.2, -0.15) is 4.99 Å². The number of halogens is 1. The molecule has 0 unspecified atom stereocenters. The molecule has 31 heavy (non-hydrogen) atoms. The van der Waals surface area contributed by atoms with Crippen molar-refractivity contribution in [1.82, 2.24) is 4.57 Å². The van der Waals surface area contributed by atoms with Crippen LogP contribution in [0.4, 0.5) is 4.39 Å². The summed E-state index contributed by atoms with van der Waals surface area (Å²) >= 11 is 1.27. The van der Waals surface area contributed by atoms with Crippen molar-refractivity contribution in [3.8, 4) is 11.5 Å². The van der Waals surface area contributed by atoms with Crippen LogP contribution in [0.5, 0.6) is 11.5 Å². The van der Waals surface area contributed by atoms with Crippen LogP contribution in [-0.2, 0) is 11.3 Å². The number of hydrogen-bond donors (Lipinski definition) is 0. The van der Waals surface area contributed by atoms with Crippen LogP contribution in [-0.4, -0.2) is 23.7 Å². The first-order valence-corrected chi connectivity index (χ1v) is 10.8. The Bertz CT molecular complexity index is 1260. The zero-order valence-electron chi connectivity index (χ0n) is 17.0. The fraction of sp³-hybridized carbons (Fsp3) is 0.167. The molecule has 0 aliphatic carbocycles. The standard InChI is InChI=1S/C24H21FN2O3S/c1-2-29-16-15-27-22-19(25)12-8-14-21(22)31-24(27)26-23(28)18-11-6-7-13-20(18)30-17-9-4-3-5-10-17/h3-14H,2,15-16H2,1H3. The van der Waals surface area contributed by atoms with Crippen LogP contribution in [0.2, 0.25) is 0 Å². The molecule has 1 heterocycles. The van der Waals surface area contributed by atoms with E-state index in [2.05, 4.69) is 4.99 Å². The van der Waals surface area contributed by atoms with Crippen LogP contribution in [0.15, 0.2) is 77.8 Å². The minimum Gasteiger partial charge on any atom is -0.457 e. The van der Waals surface area contributed by atoms with E-state index in [4.69, 9.17) is 9.47 Å². The summed E-state index contributed by atoms with van der Waals surface area (Å²) in [4.78, 5) is 17.8. The Morgan fingerprint density at radius 2 is 1.81 bits per heavy atom. The van der Waals surface area contributed by atoms with E-state index in [-0.39, 0.29) is 5.82 Å². The average Bonchev–Trinajstić information content (AvgIpc) is 3.13. The van der Waals surface area contributed by atoms with Gasteiger partial charge in [0.2, 0.25) is 0 Å². The lowest BCUT2D eigenvalue weighted by atomic mass is 10.2. The molecule has 0 spiro atoms. The summed E-state index contributed by atoms with van der Waals surface area (Å²) in [6.45, 7) is 3.24. The molecule has 0 N–H and O–H groups in total. The number of para-hydroxylation sites is 3. The van der Waals surface area contributed by atoms with E-state index in [9.17, 15) is 9.18 Å². The fourth-order valence-electron chi connectivity index (χ4n) is 3.17. The van der Waals surface area contributed by atoms with Gasteiger partial charge in [-0.3, -0.25) is 4.79 Å². The minimum atomic E-state index is -0.455. The molecular weight excluding hydrogens is 415 g/mol. The van der Waals surface area contributed by atoms with Crippen LogP contribution in [0.1, 0.15) is 17.3 Å². The molecule has 0 saturated heterocycles. The number of ether oxygens (including phenoxy) is 2. The highest BCUT2D eigenvalue weighted by atomic mass is 32.1. The molecule has 5 nitrogen and oxygen atoms in total. The molecule has 0 aliphatic rings. The molecule has 1 amide bonds. The van der Waals surface area contributed by atoms with Crippen LogP contribution in [0.3, 0.4) is 0 Å². The zero-order valence-corrected chi connectivity index (χ0v) is 17.8. The van der Waals surface area contributed by atoms with Gasteiger partial charge in [0, 0.05) is 13.2 Å². The Morgan fingerprint density at radius 1 is 1.03 bits per heavy atom. The van der Waals surface area contributed by atoms with Gasteiger partial charge < -0.3 is 14.0 Å². The van der Waals surface area contributed by atoms with E-state index in [1.54, 1.807) is 34.9 Å². The maximum atomic E-state index is 14.5. The summed E-state index contributed by atoms with van der Waals surface area (Å²) in [5.74, 6) is 0.227. The molecule has 4 rings (SSSR count). The molecular formula is C24H21FN2O3S. The van der Waals surface area contributed by atoms with E-state index in [0.717, 1.165) is 4.70 Å². The van der Waals surface area contributed by atoms with Gasteiger partial charge in [-0.1, -0.05) is 47.7 Å². The lowest BCUT2D eigenvalue weighted by Gasteiger charge is -2.09. The molecule has 0 bridgehead atoms. The van der Waals surface area contributed by atoms with E-state index in [1.807, 2.05) is 43.3 Å². The Morgan fingerprint density at radius 3 is 2.61 bits per heavy atom. The number of carbonyl (C=O) groups is 1. The van der Waals surface area contributed by atoms with Crippen molar-refractivity contribution in [3.05, 3.63) is 89.0 Å². The molecule has 0 aliphatic heterocycles. The number of benzene rings is 3. The monoisotopic (exact) mass is 436 g/mol. The normalized spacial score (nSPS) is 11.7. The molecule has 4 aromatic rings. The van der Waals surface area contributed by atoms with Gasteiger partial charge in [-0.15, -0.1) is 0 Å².